The minimum Gasteiger partial charge on any atom is -0.508 e. The summed E-state index contributed by atoms with van der Waals surface area (Å²) in [5, 5.41) is 15.5. The summed E-state index contributed by atoms with van der Waals surface area (Å²) in [5.74, 6) is -0.749. The van der Waals surface area contributed by atoms with Crippen molar-refractivity contribution in [3.05, 3.63) is 59.7 Å². The SMILES string of the molecule is C#CN(C(=O)C(CCSC)NC(=O)OC(C)(C)C)C(C(=O)Nc1ccccc1C)c1cccc(O)c1. The number of benzene rings is 2. The average Bonchev–Trinajstić information content (AvgIpc) is 2.79. The standard InChI is InChI=1S/C27H33N3O5S/c1-7-30(25(33)22(15-16-36-6)29-26(34)35-27(3,4)5)23(19-12-10-13-20(31)17-19)24(32)28-21-14-9-8-11-18(21)2/h1,8-14,17,22-23,31H,15-16H2,2-6H3,(H,28,32)(H,29,34). The molecule has 0 fully saturated rings. The van der Waals surface area contributed by atoms with Crippen molar-refractivity contribution < 1.29 is 24.2 Å². The maximum absolute atomic E-state index is 13.7. The number of phenols is 1. The molecule has 2 aromatic carbocycles. The van der Waals surface area contributed by atoms with E-state index >= 15 is 0 Å². The van der Waals surface area contributed by atoms with Crippen LogP contribution in [0.3, 0.4) is 0 Å². The van der Waals surface area contributed by atoms with Crippen LogP contribution in [0.5, 0.6) is 5.75 Å². The second kappa shape index (κ2) is 12.9. The highest BCUT2D eigenvalue weighted by molar-refractivity contribution is 7.98. The summed E-state index contributed by atoms with van der Waals surface area (Å²) >= 11 is 1.50. The van der Waals surface area contributed by atoms with E-state index in [2.05, 4.69) is 16.7 Å². The van der Waals surface area contributed by atoms with Gasteiger partial charge in [-0.05, 0) is 75.5 Å². The monoisotopic (exact) mass is 511 g/mol. The molecule has 9 heteroatoms. The molecule has 0 aromatic heterocycles. The summed E-state index contributed by atoms with van der Waals surface area (Å²) in [5.41, 5.74) is 0.931. The second-order valence-electron chi connectivity index (χ2n) is 9.12. The van der Waals surface area contributed by atoms with Gasteiger partial charge in [0.1, 0.15) is 23.4 Å². The number of hydrogen-bond donors (Lipinski definition) is 3. The molecule has 0 aliphatic carbocycles. The van der Waals surface area contributed by atoms with Gasteiger partial charge in [-0.2, -0.15) is 11.8 Å². The van der Waals surface area contributed by atoms with Gasteiger partial charge in [0.25, 0.3) is 11.8 Å². The summed E-state index contributed by atoms with van der Waals surface area (Å²) in [6.07, 6.45) is 7.15. The molecule has 2 unspecified atom stereocenters. The number of thioether (sulfide) groups is 1. The van der Waals surface area contributed by atoms with Crippen molar-refractivity contribution in [1.29, 1.82) is 0 Å². The molecular weight excluding hydrogens is 478 g/mol. The average molecular weight is 512 g/mol. The van der Waals surface area contributed by atoms with Gasteiger partial charge in [0.2, 0.25) is 0 Å². The lowest BCUT2D eigenvalue weighted by Crippen LogP contribution is -2.51. The van der Waals surface area contributed by atoms with Crippen LogP contribution in [0.2, 0.25) is 0 Å². The molecule has 8 nitrogen and oxygen atoms in total. The largest absolute Gasteiger partial charge is 0.508 e. The van der Waals surface area contributed by atoms with Crippen molar-refractivity contribution in [2.24, 2.45) is 0 Å². The van der Waals surface area contributed by atoms with Crippen LogP contribution in [-0.2, 0) is 14.3 Å². The van der Waals surface area contributed by atoms with Gasteiger partial charge in [0.05, 0.1) is 0 Å². The van der Waals surface area contributed by atoms with Crippen molar-refractivity contribution in [3.8, 4) is 18.2 Å². The minimum absolute atomic E-state index is 0.0866. The minimum atomic E-state index is -1.27. The Morgan fingerprint density at radius 3 is 2.44 bits per heavy atom. The fourth-order valence-electron chi connectivity index (χ4n) is 3.40. The quantitative estimate of drug-likeness (QED) is 0.339. The molecule has 3 N–H and O–H groups in total. The maximum Gasteiger partial charge on any atom is 0.408 e. The fourth-order valence-corrected chi connectivity index (χ4v) is 3.87. The first-order valence-corrected chi connectivity index (χ1v) is 12.8. The number of anilines is 1. The van der Waals surface area contributed by atoms with Crippen molar-refractivity contribution in [2.75, 3.05) is 17.3 Å². The lowest BCUT2D eigenvalue weighted by atomic mass is 10.0. The molecule has 36 heavy (non-hydrogen) atoms. The number of aromatic hydroxyl groups is 1. The van der Waals surface area contributed by atoms with E-state index in [0.29, 0.717) is 17.0 Å². The van der Waals surface area contributed by atoms with Crippen LogP contribution in [-0.4, -0.2) is 51.6 Å². The lowest BCUT2D eigenvalue weighted by Gasteiger charge is -2.30. The Kier molecular flexibility index (Phi) is 10.2. The van der Waals surface area contributed by atoms with Gasteiger partial charge < -0.3 is 20.5 Å². The third-order valence-corrected chi connectivity index (χ3v) is 5.72. The van der Waals surface area contributed by atoms with Crippen molar-refractivity contribution in [3.63, 3.8) is 0 Å². The van der Waals surface area contributed by atoms with Crippen LogP contribution in [0, 0.1) is 19.4 Å². The summed E-state index contributed by atoms with van der Waals surface area (Å²) in [4.78, 5) is 40.6. The Morgan fingerprint density at radius 2 is 1.86 bits per heavy atom. The number of terminal acetylenes is 1. The molecule has 0 radical (unpaired) electrons. The normalized spacial score (nSPS) is 12.6. The number of hydrogen-bond acceptors (Lipinski definition) is 6. The topological polar surface area (TPSA) is 108 Å². The van der Waals surface area contributed by atoms with E-state index in [1.54, 1.807) is 45.0 Å². The number of alkyl carbamates (subject to hydrolysis) is 1. The van der Waals surface area contributed by atoms with Gasteiger partial charge in [-0.25, -0.2) is 4.79 Å². The Morgan fingerprint density at radius 1 is 1.17 bits per heavy atom. The number of nitrogens with one attached hydrogen (secondary N) is 2. The summed E-state index contributed by atoms with van der Waals surface area (Å²) < 4.78 is 5.32. The number of phenolic OH excluding ortho intramolecular Hbond substituents is 1. The van der Waals surface area contributed by atoms with Crippen LogP contribution in [0.4, 0.5) is 10.5 Å². The molecule has 0 bridgehead atoms. The first-order chi connectivity index (χ1) is 17.0. The van der Waals surface area contributed by atoms with Gasteiger partial charge in [-0.1, -0.05) is 36.8 Å². The Hall–Kier alpha value is -3.64. The summed E-state index contributed by atoms with van der Waals surface area (Å²) in [6.45, 7) is 6.98. The molecule has 0 aliphatic rings. The Bertz CT molecular complexity index is 1120. The molecule has 3 amide bonds. The van der Waals surface area contributed by atoms with Crippen molar-refractivity contribution in [1.82, 2.24) is 10.2 Å². The summed E-state index contributed by atoms with van der Waals surface area (Å²) in [6, 6.07) is 13.2. The molecule has 2 atom stereocenters. The highest BCUT2D eigenvalue weighted by atomic mass is 32.2. The van der Waals surface area contributed by atoms with E-state index in [1.807, 2.05) is 25.3 Å². The number of amides is 3. The van der Waals surface area contributed by atoms with E-state index in [9.17, 15) is 19.5 Å². The van der Waals surface area contributed by atoms with E-state index in [0.717, 1.165) is 10.5 Å². The molecule has 2 rings (SSSR count). The van der Waals surface area contributed by atoms with Crippen LogP contribution in [0.1, 0.15) is 44.4 Å². The zero-order chi connectivity index (χ0) is 26.9. The molecule has 0 saturated carbocycles. The third-order valence-electron chi connectivity index (χ3n) is 5.07. The predicted molar refractivity (Wildman–Crippen MR) is 142 cm³/mol. The molecule has 0 heterocycles. The number of carbonyl (C=O) groups is 3. The number of carbonyl (C=O) groups excluding carboxylic acids is 3. The number of ether oxygens (including phenoxy) is 1. The van der Waals surface area contributed by atoms with Gasteiger partial charge in [0.15, 0.2) is 0 Å². The number of para-hydroxylation sites is 1. The highest BCUT2D eigenvalue weighted by Gasteiger charge is 2.36. The van der Waals surface area contributed by atoms with E-state index in [4.69, 9.17) is 11.2 Å². The fraction of sp³-hybridized carbons (Fsp3) is 0.370. The second-order valence-corrected chi connectivity index (χ2v) is 10.1. The maximum atomic E-state index is 13.7. The van der Waals surface area contributed by atoms with Crippen LogP contribution >= 0.6 is 11.8 Å². The van der Waals surface area contributed by atoms with Gasteiger partial charge >= 0.3 is 6.09 Å². The molecule has 0 saturated heterocycles. The molecule has 0 aliphatic heterocycles. The van der Waals surface area contributed by atoms with Crippen LogP contribution < -0.4 is 10.6 Å². The van der Waals surface area contributed by atoms with Crippen LogP contribution in [0.25, 0.3) is 0 Å². The molecule has 192 valence electrons. The van der Waals surface area contributed by atoms with Gasteiger partial charge in [-0.15, -0.1) is 0 Å². The molecule has 0 spiro atoms. The Labute approximate surface area is 216 Å². The van der Waals surface area contributed by atoms with Crippen molar-refractivity contribution in [2.45, 2.75) is 51.8 Å². The van der Waals surface area contributed by atoms with Crippen LogP contribution in [0.15, 0.2) is 48.5 Å². The first-order valence-electron chi connectivity index (χ1n) is 11.4. The number of aryl methyl sites for hydroxylation is 1. The zero-order valence-corrected chi connectivity index (χ0v) is 22.0. The smallest absolute Gasteiger partial charge is 0.408 e. The highest BCUT2D eigenvalue weighted by Crippen LogP contribution is 2.27. The molecule has 2 aromatic rings. The molecular formula is C27H33N3O5S. The lowest BCUT2D eigenvalue weighted by molar-refractivity contribution is -0.136. The zero-order valence-electron chi connectivity index (χ0n) is 21.2. The van der Waals surface area contributed by atoms with E-state index in [-0.39, 0.29) is 12.2 Å². The number of nitrogens with zero attached hydrogens (tertiary/aromatic N) is 1. The van der Waals surface area contributed by atoms with Gasteiger partial charge in [-0.3, -0.25) is 14.5 Å². The Balaban J connectivity index is 2.45. The predicted octanol–water partition coefficient (Wildman–Crippen LogP) is 4.45. The summed E-state index contributed by atoms with van der Waals surface area (Å²) in [7, 11) is 0. The van der Waals surface area contributed by atoms with E-state index in [1.165, 1.54) is 23.9 Å². The third kappa shape index (κ3) is 8.24. The van der Waals surface area contributed by atoms with E-state index < -0.39 is 35.6 Å². The van der Waals surface area contributed by atoms with Crippen molar-refractivity contribution >= 4 is 35.4 Å². The number of rotatable bonds is 9. The van der Waals surface area contributed by atoms with Gasteiger partial charge in [0, 0.05) is 11.7 Å². The first kappa shape index (κ1) is 28.6.